The van der Waals surface area contributed by atoms with Crippen LogP contribution in [0.3, 0.4) is 0 Å². The lowest BCUT2D eigenvalue weighted by Crippen LogP contribution is -2.29. The molecule has 6 nitrogen and oxygen atoms in total. The second kappa shape index (κ2) is 9.30. The summed E-state index contributed by atoms with van der Waals surface area (Å²) in [5, 5.41) is 10.2. The Morgan fingerprint density at radius 2 is 2.00 bits per heavy atom. The Balaban J connectivity index is 1.65. The number of furan rings is 1. The van der Waals surface area contributed by atoms with Gasteiger partial charge < -0.3 is 9.52 Å². The number of aromatic carboxylic acids is 1. The first-order chi connectivity index (χ1) is 15.5. The van der Waals surface area contributed by atoms with Gasteiger partial charge in [0.1, 0.15) is 11.5 Å². The maximum atomic E-state index is 13.0. The molecule has 4 rings (SSSR count). The summed E-state index contributed by atoms with van der Waals surface area (Å²) in [4.78, 5) is 30.6. The third kappa shape index (κ3) is 4.54. The predicted octanol–water partition coefficient (Wildman–Crippen LogP) is 6.09. The highest BCUT2D eigenvalue weighted by Gasteiger charge is 2.33. The van der Waals surface area contributed by atoms with Crippen molar-refractivity contribution in [3.8, 4) is 11.3 Å². The molecule has 1 saturated heterocycles. The van der Waals surface area contributed by atoms with Gasteiger partial charge in [-0.1, -0.05) is 35.9 Å². The molecule has 1 amide bonds. The molecule has 0 atom stereocenters. The Labute approximate surface area is 193 Å². The number of nitrogens with zero attached hydrogens (tertiary/aromatic N) is 2. The maximum absolute atomic E-state index is 13.0. The molecule has 2 heterocycles. The Morgan fingerprint density at radius 3 is 2.75 bits per heavy atom. The highest BCUT2D eigenvalue weighted by molar-refractivity contribution is 8.18. The molecule has 8 heteroatoms. The zero-order valence-corrected chi connectivity index (χ0v) is 18.3. The molecule has 3 aromatic rings. The van der Waals surface area contributed by atoms with E-state index >= 15 is 0 Å². The van der Waals surface area contributed by atoms with Crippen molar-refractivity contribution in [2.24, 2.45) is 4.99 Å². The summed E-state index contributed by atoms with van der Waals surface area (Å²) < 4.78 is 5.88. The van der Waals surface area contributed by atoms with Crippen LogP contribution in [0.1, 0.15) is 16.1 Å². The van der Waals surface area contributed by atoms with Gasteiger partial charge in [-0.05, 0) is 54.2 Å². The molecule has 0 unspecified atom stereocenters. The minimum absolute atomic E-state index is 0.120. The molecule has 32 heavy (non-hydrogen) atoms. The summed E-state index contributed by atoms with van der Waals surface area (Å²) in [5.74, 6) is -0.180. The number of thioether (sulfide) groups is 1. The van der Waals surface area contributed by atoms with Gasteiger partial charge in [0.05, 0.1) is 21.2 Å². The number of carboxylic acid groups (broad SMARTS) is 1. The van der Waals surface area contributed by atoms with Gasteiger partial charge in [0.25, 0.3) is 5.91 Å². The summed E-state index contributed by atoms with van der Waals surface area (Å²) in [6.07, 6.45) is 3.26. The summed E-state index contributed by atoms with van der Waals surface area (Å²) in [5.41, 5.74) is 1.32. The number of halogens is 1. The number of amides is 1. The van der Waals surface area contributed by atoms with Gasteiger partial charge in [-0.2, -0.15) is 0 Å². The molecule has 1 fully saturated rings. The minimum atomic E-state index is -1.04. The predicted molar refractivity (Wildman–Crippen MR) is 127 cm³/mol. The number of aliphatic imine (C=N–C) groups is 1. The quantitative estimate of drug-likeness (QED) is 0.352. The standard InChI is InChI=1S/C24H17ClN2O4S/c1-2-12-27-22(28)21(32-24(27)26-16-7-5-6-15(13-16)23(29)30)14-17-10-11-20(31-17)18-8-3-4-9-19(18)25/h2-11,13-14H,1,12H2,(H,29,30)/b21-14+,26-24?. The Morgan fingerprint density at radius 1 is 1.19 bits per heavy atom. The van der Waals surface area contributed by atoms with E-state index < -0.39 is 5.97 Å². The van der Waals surface area contributed by atoms with E-state index in [4.69, 9.17) is 16.0 Å². The number of hydrogen-bond acceptors (Lipinski definition) is 5. The van der Waals surface area contributed by atoms with Crippen molar-refractivity contribution in [1.82, 2.24) is 4.90 Å². The van der Waals surface area contributed by atoms with Crippen molar-refractivity contribution in [3.63, 3.8) is 0 Å². The van der Waals surface area contributed by atoms with Crippen molar-refractivity contribution in [1.29, 1.82) is 0 Å². The first-order valence-electron chi connectivity index (χ1n) is 9.55. The van der Waals surface area contributed by atoms with Gasteiger partial charge in [0.15, 0.2) is 5.17 Å². The average Bonchev–Trinajstić information content (AvgIpc) is 3.35. The topological polar surface area (TPSA) is 83.1 Å². The van der Waals surface area contributed by atoms with E-state index in [1.807, 2.05) is 18.2 Å². The molecule has 0 aliphatic carbocycles. The molecule has 0 saturated carbocycles. The third-order valence-electron chi connectivity index (χ3n) is 4.56. The van der Waals surface area contributed by atoms with E-state index in [2.05, 4.69) is 11.6 Å². The van der Waals surface area contributed by atoms with Crippen LogP contribution in [0.25, 0.3) is 17.4 Å². The van der Waals surface area contributed by atoms with Crippen molar-refractivity contribution < 1.29 is 19.1 Å². The molecule has 1 aliphatic heterocycles. The lowest BCUT2D eigenvalue weighted by atomic mass is 10.2. The van der Waals surface area contributed by atoms with Gasteiger partial charge in [0, 0.05) is 18.2 Å². The number of rotatable bonds is 6. The number of carbonyl (C=O) groups is 2. The largest absolute Gasteiger partial charge is 0.478 e. The van der Waals surface area contributed by atoms with Gasteiger partial charge in [0.2, 0.25) is 0 Å². The smallest absolute Gasteiger partial charge is 0.335 e. The van der Waals surface area contributed by atoms with Crippen molar-refractivity contribution in [3.05, 3.63) is 94.6 Å². The molecular weight excluding hydrogens is 448 g/mol. The van der Waals surface area contributed by atoms with E-state index in [1.165, 1.54) is 28.8 Å². The first kappa shape index (κ1) is 21.7. The lowest BCUT2D eigenvalue weighted by Gasteiger charge is -2.12. The van der Waals surface area contributed by atoms with Crippen molar-refractivity contribution in [2.75, 3.05) is 6.54 Å². The number of amidine groups is 1. The molecule has 160 valence electrons. The van der Waals surface area contributed by atoms with E-state index in [0.29, 0.717) is 32.3 Å². The molecule has 1 aliphatic rings. The van der Waals surface area contributed by atoms with Crippen LogP contribution in [0.5, 0.6) is 0 Å². The monoisotopic (exact) mass is 464 g/mol. The van der Waals surface area contributed by atoms with Gasteiger partial charge in [-0.3, -0.25) is 9.69 Å². The van der Waals surface area contributed by atoms with Crippen LogP contribution < -0.4 is 0 Å². The van der Waals surface area contributed by atoms with Crippen molar-refractivity contribution >= 4 is 52.2 Å². The van der Waals surface area contributed by atoms with Crippen LogP contribution in [0.4, 0.5) is 5.69 Å². The van der Waals surface area contributed by atoms with E-state index in [9.17, 15) is 14.7 Å². The van der Waals surface area contributed by atoms with Crippen molar-refractivity contribution in [2.45, 2.75) is 0 Å². The summed E-state index contributed by atoms with van der Waals surface area (Å²) >= 11 is 7.43. The fraction of sp³-hybridized carbons (Fsp3) is 0.0417. The van der Waals surface area contributed by atoms with Gasteiger partial charge in [-0.25, -0.2) is 9.79 Å². The Hall–Kier alpha value is -3.55. The number of carboxylic acids is 1. The fourth-order valence-corrected chi connectivity index (χ4v) is 4.28. The number of carbonyl (C=O) groups excluding carboxylic acids is 1. The van der Waals surface area contributed by atoms with Crippen LogP contribution in [0, 0.1) is 0 Å². The second-order valence-electron chi connectivity index (χ2n) is 6.75. The van der Waals surface area contributed by atoms with Crippen LogP contribution in [0.2, 0.25) is 5.02 Å². The minimum Gasteiger partial charge on any atom is -0.478 e. The lowest BCUT2D eigenvalue weighted by molar-refractivity contribution is -0.121. The summed E-state index contributed by atoms with van der Waals surface area (Å²) in [6, 6.07) is 17.1. The highest BCUT2D eigenvalue weighted by Crippen LogP contribution is 2.36. The van der Waals surface area contributed by atoms with Crippen LogP contribution in [0.15, 0.2) is 87.6 Å². The fourth-order valence-electron chi connectivity index (χ4n) is 3.07. The maximum Gasteiger partial charge on any atom is 0.335 e. The normalized spacial score (nSPS) is 16.2. The molecule has 1 N–H and O–H groups in total. The molecule has 2 aromatic carbocycles. The molecule has 0 radical (unpaired) electrons. The number of benzene rings is 2. The molecule has 1 aromatic heterocycles. The van der Waals surface area contributed by atoms with Gasteiger partial charge in [-0.15, -0.1) is 6.58 Å². The second-order valence-corrected chi connectivity index (χ2v) is 8.16. The third-order valence-corrected chi connectivity index (χ3v) is 5.89. The van der Waals surface area contributed by atoms with Crippen LogP contribution in [-0.4, -0.2) is 33.6 Å². The average molecular weight is 465 g/mol. The van der Waals surface area contributed by atoms with E-state index in [0.717, 1.165) is 5.56 Å². The van der Waals surface area contributed by atoms with E-state index in [-0.39, 0.29) is 18.0 Å². The Kier molecular flexibility index (Phi) is 6.30. The number of hydrogen-bond donors (Lipinski definition) is 1. The zero-order chi connectivity index (χ0) is 22.7. The molecule has 0 spiro atoms. The SMILES string of the molecule is C=CCN1C(=O)/C(=C\c2ccc(-c3ccccc3Cl)o2)SC1=Nc1cccc(C(=O)O)c1. The van der Waals surface area contributed by atoms with Crippen LogP contribution in [-0.2, 0) is 4.79 Å². The molecule has 0 bridgehead atoms. The zero-order valence-electron chi connectivity index (χ0n) is 16.7. The van der Waals surface area contributed by atoms with E-state index in [1.54, 1.807) is 42.5 Å². The highest BCUT2D eigenvalue weighted by atomic mass is 35.5. The van der Waals surface area contributed by atoms with Gasteiger partial charge >= 0.3 is 5.97 Å². The molecular formula is C24H17ClN2O4S. The first-order valence-corrected chi connectivity index (χ1v) is 10.7. The Bertz CT molecular complexity index is 1280. The summed E-state index contributed by atoms with van der Waals surface area (Å²) in [7, 11) is 0. The summed E-state index contributed by atoms with van der Waals surface area (Å²) in [6.45, 7) is 3.97. The van der Waals surface area contributed by atoms with Crippen LogP contribution >= 0.6 is 23.4 Å².